The number of ether oxygens (including phenoxy) is 1. The Morgan fingerprint density at radius 2 is 1.51 bits per heavy atom. The molecule has 0 atom stereocenters. The summed E-state index contributed by atoms with van der Waals surface area (Å²) >= 11 is 11.7. The first-order valence-corrected chi connectivity index (χ1v) is 12.0. The summed E-state index contributed by atoms with van der Waals surface area (Å²) in [6.45, 7) is 1.81. The van der Waals surface area contributed by atoms with Gasteiger partial charge in [-0.25, -0.2) is 10.2 Å². The quantitative estimate of drug-likeness (QED) is 0.139. The highest BCUT2D eigenvalue weighted by Gasteiger charge is 2.16. The number of rotatable bonds is 8. The van der Waals surface area contributed by atoms with E-state index in [0.717, 1.165) is 6.21 Å². The van der Waals surface area contributed by atoms with Gasteiger partial charge in [-0.3, -0.25) is 19.2 Å². The molecule has 2 aromatic carbocycles. The third-order valence-corrected chi connectivity index (χ3v) is 5.45. The van der Waals surface area contributed by atoms with Crippen molar-refractivity contribution in [2.24, 2.45) is 5.10 Å². The van der Waals surface area contributed by atoms with Crippen molar-refractivity contribution in [1.29, 1.82) is 0 Å². The van der Waals surface area contributed by atoms with Crippen molar-refractivity contribution >= 4 is 70.4 Å². The average Bonchev–Trinajstić information content (AvgIpc) is 3.37. The summed E-state index contributed by atoms with van der Waals surface area (Å²) in [6, 6.07) is 13.2. The van der Waals surface area contributed by atoms with E-state index in [1.54, 1.807) is 6.92 Å². The first kappa shape index (κ1) is 28.9. The molecule has 4 amide bonds. The van der Waals surface area contributed by atoms with Crippen LogP contribution in [0, 0.1) is 0 Å². The van der Waals surface area contributed by atoms with Crippen LogP contribution in [0.5, 0.6) is 0 Å². The minimum absolute atomic E-state index is 0.111. The largest absolute Gasteiger partial charge is 0.462 e. The summed E-state index contributed by atoms with van der Waals surface area (Å²) in [7, 11) is 0. The first-order valence-electron chi connectivity index (χ1n) is 11.2. The molecule has 4 N–H and O–H groups in total. The smallest absolute Gasteiger partial charge is 0.338 e. The summed E-state index contributed by atoms with van der Waals surface area (Å²) in [4.78, 5) is 59.7. The number of esters is 1. The Bertz CT molecular complexity index is 1420. The monoisotopic (exact) mass is 573 g/mol. The fourth-order valence-corrected chi connectivity index (χ4v) is 3.16. The number of carbonyl (C=O) groups excluding carboxylic acids is 5. The van der Waals surface area contributed by atoms with Crippen molar-refractivity contribution in [3.63, 3.8) is 0 Å². The van der Waals surface area contributed by atoms with Gasteiger partial charge in [0.05, 0.1) is 35.0 Å². The second-order valence-corrected chi connectivity index (χ2v) is 8.34. The van der Waals surface area contributed by atoms with Gasteiger partial charge in [0.1, 0.15) is 11.5 Å². The van der Waals surface area contributed by atoms with Crippen molar-refractivity contribution in [2.75, 3.05) is 17.2 Å². The van der Waals surface area contributed by atoms with E-state index < -0.39 is 29.6 Å². The third-order valence-electron chi connectivity index (χ3n) is 4.71. The van der Waals surface area contributed by atoms with Gasteiger partial charge in [0.15, 0.2) is 0 Å². The second kappa shape index (κ2) is 13.7. The molecule has 0 aliphatic rings. The van der Waals surface area contributed by atoms with Gasteiger partial charge in [0.2, 0.25) is 0 Å². The Morgan fingerprint density at radius 3 is 2.21 bits per heavy atom. The molecule has 3 aromatic rings. The molecule has 0 spiro atoms. The molecular formula is C25H21Cl2N5O7. The number of hydrogen-bond acceptors (Lipinski definition) is 8. The van der Waals surface area contributed by atoms with Crippen LogP contribution in [0.4, 0.5) is 11.4 Å². The zero-order valence-corrected chi connectivity index (χ0v) is 21.8. The summed E-state index contributed by atoms with van der Waals surface area (Å²) in [5.74, 6) is -3.87. The maximum absolute atomic E-state index is 12.1. The van der Waals surface area contributed by atoms with Crippen LogP contribution in [0.2, 0.25) is 10.0 Å². The van der Waals surface area contributed by atoms with Gasteiger partial charge in [-0.1, -0.05) is 23.2 Å². The normalized spacial score (nSPS) is 10.5. The van der Waals surface area contributed by atoms with Crippen molar-refractivity contribution in [3.05, 3.63) is 81.7 Å². The Hall–Kier alpha value is -4.68. The van der Waals surface area contributed by atoms with E-state index in [1.165, 1.54) is 54.6 Å². The highest BCUT2D eigenvalue weighted by molar-refractivity contribution is 6.43. The van der Waals surface area contributed by atoms with Crippen LogP contribution in [0.25, 0.3) is 0 Å². The molecular weight excluding hydrogens is 553 g/mol. The summed E-state index contributed by atoms with van der Waals surface area (Å²) < 4.78 is 10.3. The van der Waals surface area contributed by atoms with Gasteiger partial charge in [0.25, 0.3) is 0 Å². The van der Waals surface area contributed by atoms with Gasteiger partial charge in [-0.05, 0) is 61.5 Å². The summed E-state index contributed by atoms with van der Waals surface area (Å²) in [5.41, 5.74) is 2.93. The number of nitrogens with zero attached hydrogens (tertiary/aromatic N) is 1. The molecule has 0 saturated heterocycles. The molecule has 12 nitrogen and oxygen atoms in total. The molecule has 14 heteroatoms. The van der Waals surface area contributed by atoms with Crippen LogP contribution in [-0.2, 0) is 30.5 Å². The number of amides is 4. The fourth-order valence-electron chi connectivity index (χ4n) is 2.87. The lowest BCUT2D eigenvalue weighted by Crippen LogP contribution is -2.34. The van der Waals surface area contributed by atoms with Crippen LogP contribution in [0.1, 0.15) is 28.8 Å². The summed E-state index contributed by atoms with van der Waals surface area (Å²) in [6.07, 6.45) is 1.14. The molecule has 39 heavy (non-hydrogen) atoms. The van der Waals surface area contributed by atoms with Gasteiger partial charge in [-0.2, -0.15) is 5.10 Å². The van der Waals surface area contributed by atoms with Crippen LogP contribution in [0.15, 0.2) is 64.1 Å². The predicted molar refractivity (Wildman–Crippen MR) is 142 cm³/mol. The maximum Gasteiger partial charge on any atom is 0.338 e. The van der Waals surface area contributed by atoms with Crippen molar-refractivity contribution in [1.82, 2.24) is 10.7 Å². The molecule has 1 heterocycles. The minimum atomic E-state index is -1.04. The Kier molecular flexibility index (Phi) is 10.2. The van der Waals surface area contributed by atoms with Crippen molar-refractivity contribution in [2.45, 2.75) is 13.5 Å². The zero-order chi connectivity index (χ0) is 28.4. The molecule has 0 radical (unpaired) electrons. The fraction of sp³-hybridized carbons (Fsp3) is 0.120. The number of halogens is 2. The minimum Gasteiger partial charge on any atom is -0.462 e. The van der Waals surface area contributed by atoms with Gasteiger partial charge in [0, 0.05) is 11.4 Å². The lowest BCUT2D eigenvalue weighted by molar-refractivity contribution is -0.136. The van der Waals surface area contributed by atoms with Crippen molar-refractivity contribution in [3.8, 4) is 0 Å². The number of benzene rings is 2. The van der Waals surface area contributed by atoms with Gasteiger partial charge < -0.3 is 25.1 Å². The van der Waals surface area contributed by atoms with Crippen LogP contribution in [-0.4, -0.2) is 42.4 Å². The topological polar surface area (TPSA) is 168 Å². The Balaban J connectivity index is 1.42. The van der Waals surface area contributed by atoms with E-state index in [9.17, 15) is 24.0 Å². The molecule has 0 unspecified atom stereocenters. The first-order chi connectivity index (χ1) is 18.7. The highest BCUT2D eigenvalue weighted by atomic mass is 35.5. The van der Waals surface area contributed by atoms with Gasteiger partial charge in [-0.15, -0.1) is 0 Å². The summed E-state index contributed by atoms with van der Waals surface area (Å²) in [5, 5.41) is 11.3. The number of carbonyl (C=O) groups is 5. The van der Waals surface area contributed by atoms with Crippen molar-refractivity contribution < 1.29 is 33.1 Å². The number of nitrogens with one attached hydrogen (secondary N) is 4. The predicted octanol–water partition coefficient (Wildman–Crippen LogP) is 3.11. The maximum atomic E-state index is 12.1. The van der Waals surface area contributed by atoms with E-state index >= 15 is 0 Å². The van der Waals surface area contributed by atoms with E-state index in [0.29, 0.717) is 22.0 Å². The van der Waals surface area contributed by atoms with E-state index in [-0.39, 0.29) is 29.6 Å². The third kappa shape index (κ3) is 8.69. The number of furan rings is 1. The SMILES string of the molecule is CCOC(=O)c1ccc(NC(=O)C(=O)NCc2ccc(/C=N/NC(=O)C(=O)Nc3ccc(Cl)c(Cl)c3)o2)cc1. The average molecular weight is 574 g/mol. The molecule has 0 fully saturated rings. The molecule has 0 aliphatic carbocycles. The lowest BCUT2D eigenvalue weighted by atomic mass is 10.2. The molecule has 3 rings (SSSR count). The molecule has 202 valence electrons. The Morgan fingerprint density at radius 1 is 0.846 bits per heavy atom. The lowest BCUT2D eigenvalue weighted by Gasteiger charge is -2.07. The van der Waals surface area contributed by atoms with Crippen LogP contribution in [0.3, 0.4) is 0 Å². The molecule has 0 aliphatic heterocycles. The Labute approximate surface area is 231 Å². The number of anilines is 2. The van der Waals surface area contributed by atoms with E-state index in [4.69, 9.17) is 32.4 Å². The molecule has 1 aromatic heterocycles. The highest BCUT2D eigenvalue weighted by Crippen LogP contribution is 2.24. The number of hydrogen-bond donors (Lipinski definition) is 4. The van der Waals surface area contributed by atoms with E-state index in [2.05, 4.69) is 21.1 Å². The van der Waals surface area contributed by atoms with E-state index in [1.807, 2.05) is 5.43 Å². The zero-order valence-electron chi connectivity index (χ0n) is 20.2. The molecule has 0 bridgehead atoms. The number of hydrazone groups is 1. The van der Waals surface area contributed by atoms with Crippen LogP contribution >= 0.6 is 23.2 Å². The van der Waals surface area contributed by atoms with Gasteiger partial charge >= 0.3 is 29.6 Å². The second-order valence-electron chi connectivity index (χ2n) is 7.52. The van der Waals surface area contributed by atoms with Crippen LogP contribution < -0.4 is 21.4 Å². The molecule has 0 saturated carbocycles. The standard InChI is InChI=1S/C25H21Cl2N5O7/c1-2-38-25(37)14-3-5-15(6-4-14)30-22(34)21(33)28-12-17-8-9-18(39-17)13-29-32-24(36)23(35)31-16-7-10-19(26)20(27)11-16/h3-11,13H,2,12H2,1H3,(H,28,33)(H,30,34)(H,31,35)(H,32,36)/b29-13+.